The Morgan fingerprint density at radius 2 is 0.857 bits per heavy atom. The Bertz CT molecular complexity index is 173. The fraction of sp³-hybridized carbons (Fsp3) is 0.200. The van der Waals surface area contributed by atoms with Gasteiger partial charge in [0.05, 0.1) is 0 Å². The Labute approximate surface area is 188 Å². The van der Waals surface area contributed by atoms with Gasteiger partial charge in [0.15, 0.2) is 0 Å². The van der Waals surface area contributed by atoms with Crippen LogP contribution in [0.25, 0.3) is 0 Å². The van der Waals surface area contributed by atoms with Gasteiger partial charge in [0, 0.05) is 131 Å². The monoisotopic (exact) mass is 488 g/mol. The first-order valence-corrected chi connectivity index (χ1v) is 3.55. The minimum atomic E-state index is 0. The van der Waals surface area contributed by atoms with E-state index in [1.165, 1.54) is 11.1 Å². The van der Waals surface area contributed by atoms with Crippen LogP contribution in [0, 0.1) is 12.8 Å². The maximum absolute atomic E-state index is 2.12. The molecular weight excluding hydrogens is 476 g/mol. The van der Waals surface area contributed by atoms with Crippen LogP contribution in [-0.2, 0) is 131 Å². The van der Waals surface area contributed by atoms with Crippen LogP contribution in [0.15, 0.2) is 24.3 Å². The van der Waals surface area contributed by atoms with E-state index in [0.29, 0.717) is 0 Å². The van der Waals surface area contributed by atoms with Crippen LogP contribution < -0.4 is 0 Å². The summed E-state index contributed by atoms with van der Waals surface area (Å²) in [6, 6.07) is 8.48. The Hall–Kier alpha value is 3.38. The van der Waals surface area contributed by atoms with E-state index in [-0.39, 0.29) is 131 Å². The van der Waals surface area contributed by atoms with Crippen LogP contribution >= 0.6 is 0 Å². The third-order valence-electron chi connectivity index (χ3n) is 1.60. The summed E-state index contributed by atoms with van der Waals surface area (Å²) in [5.74, 6) is 0. The molecule has 1 rings (SSSR count). The summed E-state index contributed by atoms with van der Waals surface area (Å²) in [5, 5.41) is 0. The van der Waals surface area contributed by atoms with E-state index < -0.39 is 0 Å². The van der Waals surface area contributed by atoms with Gasteiger partial charge in [-0.15, -0.1) is 0 Å². The van der Waals surface area contributed by atoms with Gasteiger partial charge in [-0.2, -0.15) is 12.8 Å². The maximum atomic E-state index is 2.12. The van der Waals surface area contributed by atoms with Crippen molar-refractivity contribution in [1.29, 1.82) is 0 Å². The van der Waals surface area contributed by atoms with Crippen molar-refractivity contribution in [2.24, 2.45) is 0 Å². The third-order valence-corrected chi connectivity index (χ3v) is 1.60. The standard InChI is InChI=1S/C10H12.4Y/c1-3-9-5-7-10(4-2)8-6-9;;;;/h3-8H,1-2H3;;;;/q-2;;;;. The summed E-state index contributed by atoms with van der Waals surface area (Å²) >= 11 is 0. The van der Waals surface area contributed by atoms with Gasteiger partial charge in [-0.25, -0.2) is 35.4 Å². The summed E-state index contributed by atoms with van der Waals surface area (Å²) < 4.78 is 0. The van der Waals surface area contributed by atoms with Crippen molar-refractivity contribution in [3.8, 4) is 0 Å². The average Bonchev–Trinajstić information content (AvgIpc) is 2.05. The predicted octanol–water partition coefficient (Wildman–Crippen LogP) is 2.82. The largest absolute Gasteiger partial charge is 0.220 e. The molecular formula is C10H12Y4-2. The Morgan fingerprint density at radius 1 is 0.643 bits per heavy atom. The molecule has 14 heavy (non-hydrogen) atoms. The van der Waals surface area contributed by atoms with E-state index in [1.807, 2.05) is 13.8 Å². The zero-order valence-corrected chi connectivity index (χ0v) is 20.1. The molecule has 0 amide bonds. The van der Waals surface area contributed by atoms with Crippen LogP contribution in [0.5, 0.6) is 0 Å². The van der Waals surface area contributed by atoms with Crippen LogP contribution in [0.2, 0.25) is 0 Å². The van der Waals surface area contributed by atoms with E-state index >= 15 is 0 Å². The van der Waals surface area contributed by atoms with Gasteiger partial charge in [0.2, 0.25) is 0 Å². The molecule has 0 aliphatic heterocycles. The zero-order valence-electron chi connectivity index (χ0n) is 8.77. The SMILES string of the molecule is C[CH-]c1ccc([CH-]C)cc1.[Y].[Y].[Y].[Y]. The van der Waals surface area contributed by atoms with Crippen LogP contribution in [0.3, 0.4) is 0 Å². The van der Waals surface area contributed by atoms with Crippen molar-refractivity contribution in [2.45, 2.75) is 13.8 Å². The summed E-state index contributed by atoms with van der Waals surface area (Å²) in [5.41, 5.74) is 2.57. The molecule has 0 nitrogen and oxygen atoms in total. The van der Waals surface area contributed by atoms with Gasteiger partial charge in [-0.05, 0) is 0 Å². The fourth-order valence-corrected chi connectivity index (χ4v) is 0.881. The molecule has 0 heterocycles. The summed E-state index contributed by atoms with van der Waals surface area (Å²) in [6.45, 7) is 4.09. The van der Waals surface area contributed by atoms with Crippen LogP contribution in [-0.4, -0.2) is 0 Å². The summed E-state index contributed by atoms with van der Waals surface area (Å²) in [6.07, 6.45) is 4.19. The van der Waals surface area contributed by atoms with E-state index in [2.05, 4.69) is 37.1 Å². The summed E-state index contributed by atoms with van der Waals surface area (Å²) in [4.78, 5) is 0. The van der Waals surface area contributed by atoms with Crippen molar-refractivity contribution in [3.05, 3.63) is 48.2 Å². The molecule has 66 valence electrons. The molecule has 0 atom stereocenters. The van der Waals surface area contributed by atoms with E-state index in [9.17, 15) is 0 Å². The van der Waals surface area contributed by atoms with E-state index in [0.717, 1.165) is 0 Å². The first-order valence-electron chi connectivity index (χ1n) is 3.55. The number of rotatable bonds is 2. The van der Waals surface area contributed by atoms with Crippen LogP contribution in [0.4, 0.5) is 0 Å². The molecule has 0 bridgehead atoms. The molecule has 1 aromatic rings. The quantitative estimate of drug-likeness (QED) is 0.563. The summed E-state index contributed by atoms with van der Waals surface area (Å²) in [7, 11) is 0. The topological polar surface area (TPSA) is 0 Å². The van der Waals surface area contributed by atoms with E-state index in [4.69, 9.17) is 0 Å². The third kappa shape index (κ3) is 10.5. The number of benzene rings is 1. The molecule has 4 heteroatoms. The van der Waals surface area contributed by atoms with Crippen LogP contribution in [0.1, 0.15) is 25.0 Å². The van der Waals surface area contributed by atoms with Crippen molar-refractivity contribution in [3.63, 3.8) is 0 Å². The second-order valence-electron chi connectivity index (χ2n) is 2.24. The Balaban J connectivity index is -0.000000125. The maximum Gasteiger partial charge on any atom is 0 e. The molecule has 0 saturated carbocycles. The van der Waals surface area contributed by atoms with Gasteiger partial charge >= 0.3 is 0 Å². The molecule has 0 aromatic heterocycles. The molecule has 4 radical (unpaired) electrons. The Kier molecular flexibility index (Phi) is 30.5. The molecule has 0 spiro atoms. The molecule has 0 fully saturated rings. The van der Waals surface area contributed by atoms with E-state index in [1.54, 1.807) is 0 Å². The van der Waals surface area contributed by atoms with Gasteiger partial charge in [0.25, 0.3) is 0 Å². The molecule has 0 unspecified atom stereocenters. The normalized spacial score (nSPS) is 6.43. The van der Waals surface area contributed by atoms with Crippen molar-refractivity contribution < 1.29 is 131 Å². The first kappa shape index (κ1) is 26.0. The van der Waals surface area contributed by atoms with Gasteiger partial charge in [-0.1, -0.05) is 13.8 Å². The molecule has 0 saturated heterocycles. The molecule has 0 aliphatic carbocycles. The second kappa shape index (κ2) is 16.4. The fourth-order valence-electron chi connectivity index (χ4n) is 0.881. The first-order chi connectivity index (χ1) is 4.86. The van der Waals surface area contributed by atoms with Crippen molar-refractivity contribution in [1.82, 2.24) is 0 Å². The van der Waals surface area contributed by atoms with Crippen molar-refractivity contribution in [2.75, 3.05) is 0 Å². The smallest absolute Gasteiger partial charge is 0 e. The predicted molar refractivity (Wildman–Crippen MR) is 44.6 cm³/mol. The van der Waals surface area contributed by atoms with Gasteiger partial charge < -0.3 is 0 Å². The number of hydrogen-bond acceptors (Lipinski definition) is 0. The van der Waals surface area contributed by atoms with Gasteiger partial charge in [-0.3, -0.25) is 0 Å². The minimum absolute atomic E-state index is 0. The molecule has 0 aliphatic rings. The zero-order chi connectivity index (χ0) is 7.40. The minimum Gasteiger partial charge on any atom is -0.220 e. The molecule has 0 N–H and O–H groups in total. The van der Waals surface area contributed by atoms with Gasteiger partial charge in [0.1, 0.15) is 0 Å². The average molecular weight is 488 g/mol. The second-order valence-corrected chi connectivity index (χ2v) is 2.24. The number of hydrogen-bond donors (Lipinski definition) is 0. The Morgan fingerprint density at radius 3 is 1.00 bits per heavy atom. The molecule has 1 aromatic carbocycles. The van der Waals surface area contributed by atoms with Crippen molar-refractivity contribution >= 4 is 0 Å².